The lowest BCUT2D eigenvalue weighted by Gasteiger charge is -2.27. The van der Waals surface area contributed by atoms with Gasteiger partial charge in [0.2, 0.25) is 23.6 Å². The minimum Gasteiger partial charge on any atom is -0.480 e. The lowest BCUT2D eigenvalue weighted by atomic mass is 10.0. The average molecular weight is 565 g/mol. The number of carbonyl (C=O) groups excluding carboxylic acids is 4. The van der Waals surface area contributed by atoms with Crippen LogP contribution in [0.2, 0.25) is 0 Å². The van der Waals surface area contributed by atoms with Gasteiger partial charge in [0, 0.05) is 23.5 Å². The van der Waals surface area contributed by atoms with Crippen molar-refractivity contribution in [3.05, 3.63) is 71.9 Å². The maximum Gasteiger partial charge on any atom is 0.326 e. The highest BCUT2D eigenvalue weighted by Gasteiger charge is 2.32. The van der Waals surface area contributed by atoms with Crippen molar-refractivity contribution in [2.75, 3.05) is 0 Å². The monoisotopic (exact) mass is 564 g/mol. The third kappa shape index (κ3) is 8.64. The highest BCUT2D eigenvalue weighted by molar-refractivity contribution is 5.96. The highest BCUT2D eigenvalue weighted by Crippen LogP contribution is 2.19. The topological polar surface area (TPSA) is 209 Å². The summed E-state index contributed by atoms with van der Waals surface area (Å²) in [6.45, 7) is 3.33. The van der Waals surface area contributed by atoms with Gasteiger partial charge in [-0.3, -0.25) is 19.2 Å². The van der Waals surface area contributed by atoms with E-state index in [4.69, 9.17) is 11.5 Å². The summed E-state index contributed by atoms with van der Waals surface area (Å²) in [5.74, 6) is -4.79. The maximum atomic E-state index is 13.2. The molecule has 1 heterocycles. The smallest absolute Gasteiger partial charge is 0.326 e. The molecule has 4 atom stereocenters. The standard InChI is InChI=1S/C29H36N6O6/c1-16(2)25(28(39)34-23(29(40)41)12-17-8-4-3-5-9-17)35-27(38)22(14-24(31)36)33-26(37)20(30)13-18-15-32-21-11-7-6-10-19(18)21/h3-11,15-16,20,22-23,25,32H,12-14,30H2,1-2H3,(H2,31,36)(H,33,37)(H,34,39)(H,35,38)(H,40,41). The van der Waals surface area contributed by atoms with Gasteiger partial charge in [0.1, 0.15) is 18.1 Å². The Morgan fingerprint density at radius 1 is 0.829 bits per heavy atom. The summed E-state index contributed by atoms with van der Waals surface area (Å²) in [6.07, 6.45) is 1.42. The molecule has 0 radical (unpaired) electrons. The normalized spacial score (nSPS) is 14.0. The Balaban J connectivity index is 1.68. The van der Waals surface area contributed by atoms with E-state index in [1.54, 1.807) is 50.4 Å². The van der Waals surface area contributed by atoms with Gasteiger partial charge in [0.25, 0.3) is 0 Å². The number of aromatic amines is 1. The minimum atomic E-state index is -1.40. The van der Waals surface area contributed by atoms with E-state index in [2.05, 4.69) is 20.9 Å². The fraction of sp³-hybridized carbons (Fsp3) is 0.345. The Morgan fingerprint density at radius 2 is 1.46 bits per heavy atom. The van der Waals surface area contributed by atoms with Crippen LogP contribution in [0.4, 0.5) is 0 Å². The summed E-state index contributed by atoms with van der Waals surface area (Å²) in [7, 11) is 0. The second-order valence-electron chi connectivity index (χ2n) is 10.2. The first-order valence-corrected chi connectivity index (χ1v) is 13.2. The van der Waals surface area contributed by atoms with Crippen molar-refractivity contribution in [3.63, 3.8) is 0 Å². The van der Waals surface area contributed by atoms with Crippen LogP contribution in [0.25, 0.3) is 10.9 Å². The van der Waals surface area contributed by atoms with Gasteiger partial charge < -0.3 is 37.5 Å². The van der Waals surface area contributed by atoms with E-state index >= 15 is 0 Å². The predicted molar refractivity (Wildman–Crippen MR) is 152 cm³/mol. The first-order chi connectivity index (χ1) is 19.5. The van der Waals surface area contributed by atoms with Crippen molar-refractivity contribution < 1.29 is 29.1 Å². The molecule has 0 spiro atoms. The molecule has 0 saturated heterocycles. The van der Waals surface area contributed by atoms with Crippen molar-refractivity contribution in [2.24, 2.45) is 17.4 Å². The molecule has 2 aromatic carbocycles. The third-order valence-corrected chi connectivity index (χ3v) is 6.63. The summed E-state index contributed by atoms with van der Waals surface area (Å²) < 4.78 is 0. The number of aliphatic carboxylic acids is 1. The number of nitrogens with one attached hydrogen (secondary N) is 4. The number of benzene rings is 2. The number of amides is 4. The number of nitrogens with two attached hydrogens (primary N) is 2. The van der Waals surface area contributed by atoms with Crippen molar-refractivity contribution in [1.29, 1.82) is 0 Å². The number of hydrogen-bond donors (Lipinski definition) is 7. The molecule has 3 rings (SSSR count). The largest absolute Gasteiger partial charge is 0.480 e. The molecular weight excluding hydrogens is 528 g/mol. The van der Waals surface area contributed by atoms with E-state index in [-0.39, 0.29) is 12.8 Å². The second-order valence-corrected chi connectivity index (χ2v) is 10.2. The van der Waals surface area contributed by atoms with Crippen molar-refractivity contribution in [1.82, 2.24) is 20.9 Å². The molecule has 0 aliphatic carbocycles. The van der Waals surface area contributed by atoms with Crippen LogP contribution in [0.5, 0.6) is 0 Å². The number of primary amides is 1. The predicted octanol–water partition coefficient (Wildman–Crippen LogP) is 0.351. The van der Waals surface area contributed by atoms with E-state index in [9.17, 15) is 29.1 Å². The first kappa shape index (κ1) is 30.8. The Hall–Kier alpha value is -4.71. The van der Waals surface area contributed by atoms with Crippen LogP contribution < -0.4 is 27.4 Å². The summed E-state index contributed by atoms with van der Waals surface area (Å²) in [5.41, 5.74) is 13.9. The fourth-order valence-electron chi connectivity index (χ4n) is 4.42. The fourth-order valence-corrected chi connectivity index (χ4v) is 4.42. The van der Waals surface area contributed by atoms with Crippen LogP contribution in [-0.4, -0.2) is 63.9 Å². The molecule has 12 nitrogen and oxygen atoms in total. The third-order valence-electron chi connectivity index (χ3n) is 6.63. The molecule has 41 heavy (non-hydrogen) atoms. The molecule has 0 aliphatic heterocycles. The first-order valence-electron chi connectivity index (χ1n) is 13.2. The van der Waals surface area contributed by atoms with E-state index < -0.39 is 66.1 Å². The number of hydrogen-bond acceptors (Lipinski definition) is 6. The molecule has 0 fully saturated rings. The van der Waals surface area contributed by atoms with Crippen LogP contribution in [0.15, 0.2) is 60.8 Å². The Labute approximate surface area is 237 Å². The molecule has 218 valence electrons. The van der Waals surface area contributed by atoms with Crippen molar-refractivity contribution in [3.8, 4) is 0 Å². The van der Waals surface area contributed by atoms with Gasteiger partial charge in [0.15, 0.2) is 0 Å². The Morgan fingerprint density at radius 3 is 2.10 bits per heavy atom. The van der Waals surface area contributed by atoms with E-state index in [1.165, 1.54) is 0 Å². The van der Waals surface area contributed by atoms with Crippen LogP contribution in [-0.2, 0) is 36.8 Å². The van der Waals surface area contributed by atoms with Gasteiger partial charge in [0.05, 0.1) is 12.5 Å². The number of H-pyrrole nitrogens is 1. The average Bonchev–Trinajstić information content (AvgIpc) is 3.33. The zero-order valence-electron chi connectivity index (χ0n) is 22.9. The van der Waals surface area contributed by atoms with Gasteiger partial charge in [-0.2, -0.15) is 0 Å². The summed E-state index contributed by atoms with van der Waals surface area (Å²) in [4.78, 5) is 65.9. The minimum absolute atomic E-state index is 0.0371. The number of rotatable bonds is 14. The molecule has 4 unspecified atom stereocenters. The van der Waals surface area contributed by atoms with Crippen molar-refractivity contribution in [2.45, 2.75) is 57.3 Å². The van der Waals surface area contributed by atoms with Crippen LogP contribution >= 0.6 is 0 Å². The molecule has 0 saturated carbocycles. The summed E-state index contributed by atoms with van der Waals surface area (Å²) in [5, 5.41) is 18.0. The molecule has 4 amide bonds. The molecule has 3 aromatic rings. The summed E-state index contributed by atoms with van der Waals surface area (Å²) >= 11 is 0. The zero-order valence-corrected chi connectivity index (χ0v) is 22.9. The Kier molecular flexibility index (Phi) is 10.6. The second kappa shape index (κ2) is 14.1. The zero-order chi connectivity index (χ0) is 30.1. The molecule has 1 aromatic heterocycles. The molecule has 9 N–H and O–H groups in total. The number of aromatic nitrogens is 1. The quantitative estimate of drug-likeness (QED) is 0.146. The van der Waals surface area contributed by atoms with Gasteiger partial charge in [-0.25, -0.2) is 4.79 Å². The highest BCUT2D eigenvalue weighted by atomic mass is 16.4. The number of carboxylic acids is 1. The van der Waals surface area contributed by atoms with Gasteiger partial charge in [-0.15, -0.1) is 0 Å². The number of fused-ring (bicyclic) bond motifs is 1. The van der Waals surface area contributed by atoms with Crippen molar-refractivity contribution >= 4 is 40.5 Å². The number of para-hydroxylation sites is 1. The number of carbonyl (C=O) groups is 5. The van der Waals surface area contributed by atoms with Gasteiger partial charge >= 0.3 is 5.97 Å². The van der Waals surface area contributed by atoms with Gasteiger partial charge in [-0.05, 0) is 29.5 Å². The number of carboxylic acid groups (broad SMARTS) is 1. The van der Waals surface area contributed by atoms with E-state index in [1.807, 2.05) is 24.3 Å². The van der Waals surface area contributed by atoms with Gasteiger partial charge in [-0.1, -0.05) is 62.4 Å². The molecule has 12 heteroatoms. The van der Waals surface area contributed by atoms with E-state index in [0.717, 1.165) is 16.5 Å². The van der Waals surface area contributed by atoms with Crippen LogP contribution in [0.3, 0.4) is 0 Å². The van der Waals surface area contributed by atoms with E-state index in [0.29, 0.717) is 5.56 Å². The molecule has 0 aliphatic rings. The molecule has 0 bridgehead atoms. The molecular formula is C29H36N6O6. The SMILES string of the molecule is CC(C)C(NC(=O)C(CC(N)=O)NC(=O)C(N)Cc1c[nH]c2ccccc12)C(=O)NC(Cc1ccccc1)C(=O)O. The Bertz CT molecular complexity index is 1390. The summed E-state index contributed by atoms with van der Waals surface area (Å²) in [6, 6.07) is 11.4. The lowest BCUT2D eigenvalue weighted by Crippen LogP contribution is -2.59. The van der Waals surface area contributed by atoms with Crippen LogP contribution in [0, 0.1) is 5.92 Å². The lowest BCUT2D eigenvalue weighted by molar-refractivity contribution is -0.142. The maximum absolute atomic E-state index is 13.2. The van der Waals surface area contributed by atoms with Crippen LogP contribution in [0.1, 0.15) is 31.4 Å².